The summed E-state index contributed by atoms with van der Waals surface area (Å²) in [6, 6.07) is 5.39. The number of hydrogen-bond acceptors (Lipinski definition) is 3. The molecule has 0 fully saturated rings. The van der Waals surface area contributed by atoms with Gasteiger partial charge in [0.15, 0.2) is 0 Å². The third kappa shape index (κ3) is 1.95. The largest absolute Gasteiger partial charge is 0.497 e. The maximum absolute atomic E-state index is 10.8. The van der Waals surface area contributed by atoms with E-state index in [2.05, 4.69) is 5.10 Å². The number of rotatable bonds is 3. The van der Waals surface area contributed by atoms with Gasteiger partial charge >= 0.3 is 0 Å². The number of ether oxygens (including phenoxy) is 1. The fourth-order valence-corrected chi connectivity index (χ4v) is 1.54. The van der Waals surface area contributed by atoms with Crippen LogP contribution in [0.1, 0.15) is 10.4 Å². The van der Waals surface area contributed by atoms with E-state index in [0.717, 1.165) is 17.4 Å². The van der Waals surface area contributed by atoms with Gasteiger partial charge in [0.1, 0.15) is 12.0 Å². The van der Waals surface area contributed by atoms with Crippen molar-refractivity contribution in [1.82, 2.24) is 9.78 Å². The number of hydrogen-bond donors (Lipinski definition) is 0. The third-order valence-corrected chi connectivity index (χ3v) is 2.34. The first-order chi connectivity index (χ1) is 7.72. The summed E-state index contributed by atoms with van der Waals surface area (Å²) >= 11 is 0. The van der Waals surface area contributed by atoms with Crippen LogP contribution in [0.25, 0.3) is 11.1 Å². The van der Waals surface area contributed by atoms with Crippen LogP contribution in [0.2, 0.25) is 0 Å². The summed E-state index contributed by atoms with van der Waals surface area (Å²) in [4.78, 5) is 10.8. The molecule has 0 atom stereocenters. The first-order valence-electron chi connectivity index (χ1n) is 4.86. The number of aryl methyl sites for hydroxylation is 1. The summed E-state index contributed by atoms with van der Waals surface area (Å²) in [6.07, 6.45) is 4.45. The molecule has 0 saturated carbocycles. The molecule has 0 aliphatic heterocycles. The average molecular weight is 216 g/mol. The number of methoxy groups -OCH3 is 1. The molecule has 0 aliphatic carbocycles. The molecule has 4 heteroatoms. The molecule has 1 aromatic heterocycles. The van der Waals surface area contributed by atoms with Crippen LogP contribution in [-0.2, 0) is 7.05 Å². The molecule has 0 spiro atoms. The van der Waals surface area contributed by atoms with Gasteiger partial charge < -0.3 is 4.74 Å². The zero-order valence-electron chi connectivity index (χ0n) is 9.18. The van der Waals surface area contributed by atoms with Gasteiger partial charge in [-0.25, -0.2) is 0 Å². The third-order valence-electron chi connectivity index (χ3n) is 2.34. The van der Waals surface area contributed by atoms with Gasteiger partial charge in [0, 0.05) is 24.4 Å². The first kappa shape index (κ1) is 10.4. The molecule has 1 aromatic carbocycles. The van der Waals surface area contributed by atoms with E-state index in [4.69, 9.17) is 4.74 Å². The van der Waals surface area contributed by atoms with Crippen LogP contribution in [0.5, 0.6) is 5.75 Å². The van der Waals surface area contributed by atoms with Crippen LogP contribution < -0.4 is 4.74 Å². The molecule has 1 heterocycles. The van der Waals surface area contributed by atoms with E-state index in [9.17, 15) is 4.79 Å². The lowest BCUT2D eigenvalue weighted by Gasteiger charge is -2.04. The summed E-state index contributed by atoms with van der Waals surface area (Å²) in [5.74, 6) is 0.670. The summed E-state index contributed by atoms with van der Waals surface area (Å²) in [6.45, 7) is 0. The van der Waals surface area contributed by atoms with Crippen molar-refractivity contribution in [3.05, 3.63) is 36.2 Å². The van der Waals surface area contributed by atoms with E-state index in [1.807, 2.05) is 25.4 Å². The highest BCUT2D eigenvalue weighted by Crippen LogP contribution is 2.24. The highest BCUT2D eigenvalue weighted by molar-refractivity contribution is 5.80. The zero-order chi connectivity index (χ0) is 11.5. The van der Waals surface area contributed by atoms with Gasteiger partial charge in [-0.3, -0.25) is 9.48 Å². The second-order valence-electron chi connectivity index (χ2n) is 3.52. The SMILES string of the molecule is COc1cc(C=O)cc(-c2cnn(C)c2)c1. The highest BCUT2D eigenvalue weighted by atomic mass is 16.5. The molecular weight excluding hydrogens is 204 g/mol. The molecule has 0 unspecified atom stereocenters. The predicted octanol–water partition coefficient (Wildman–Crippen LogP) is 1.91. The maximum atomic E-state index is 10.8. The first-order valence-corrected chi connectivity index (χ1v) is 4.86. The maximum Gasteiger partial charge on any atom is 0.150 e. The minimum Gasteiger partial charge on any atom is -0.497 e. The molecule has 0 N–H and O–H groups in total. The lowest BCUT2D eigenvalue weighted by molar-refractivity contribution is 0.112. The Bertz CT molecular complexity index is 517. The van der Waals surface area contributed by atoms with E-state index in [-0.39, 0.29) is 0 Å². The molecular formula is C12H12N2O2. The quantitative estimate of drug-likeness (QED) is 0.736. The number of carbonyl (C=O) groups is 1. The monoisotopic (exact) mass is 216 g/mol. The Morgan fingerprint density at radius 1 is 1.31 bits per heavy atom. The van der Waals surface area contributed by atoms with Gasteiger partial charge in [0.2, 0.25) is 0 Å². The summed E-state index contributed by atoms with van der Waals surface area (Å²) in [5.41, 5.74) is 2.48. The van der Waals surface area contributed by atoms with Crippen LogP contribution in [0.15, 0.2) is 30.6 Å². The second kappa shape index (κ2) is 4.18. The van der Waals surface area contributed by atoms with Crippen LogP contribution in [0, 0.1) is 0 Å². The van der Waals surface area contributed by atoms with E-state index < -0.39 is 0 Å². The molecule has 82 valence electrons. The summed E-state index contributed by atoms with van der Waals surface area (Å²) in [5, 5.41) is 4.09. The van der Waals surface area contributed by atoms with Crippen molar-refractivity contribution in [2.24, 2.45) is 7.05 Å². The Morgan fingerprint density at radius 3 is 2.69 bits per heavy atom. The molecule has 16 heavy (non-hydrogen) atoms. The van der Waals surface area contributed by atoms with Crippen molar-refractivity contribution < 1.29 is 9.53 Å². The topological polar surface area (TPSA) is 44.1 Å². The van der Waals surface area contributed by atoms with Gasteiger partial charge in [-0.05, 0) is 23.8 Å². The van der Waals surface area contributed by atoms with Crippen molar-refractivity contribution >= 4 is 6.29 Å². The fourth-order valence-electron chi connectivity index (χ4n) is 1.54. The Labute approximate surface area is 93.5 Å². The van der Waals surface area contributed by atoms with Crippen molar-refractivity contribution in [1.29, 1.82) is 0 Å². The minimum atomic E-state index is 0.596. The smallest absolute Gasteiger partial charge is 0.150 e. The number of carbonyl (C=O) groups excluding carboxylic acids is 1. The average Bonchev–Trinajstić information content (AvgIpc) is 2.75. The van der Waals surface area contributed by atoms with Gasteiger partial charge in [-0.1, -0.05) is 0 Å². The van der Waals surface area contributed by atoms with Crippen molar-refractivity contribution in [2.45, 2.75) is 0 Å². The Hall–Kier alpha value is -2.10. The van der Waals surface area contributed by atoms with Crippen LogP contribution in [0.4, 0.5) is 0 Å². The minimum absolute atomic E-state index is 0.596. The van der Waals surface area contributed by atoms with E-state index in [1.165, 1.54) is 0 Å². The van der Waals surface area contributed by atoms with Crippen LogP contribution in [-0.4, -0.2) is 23.2 Å². The molecule has 0 saturated heterocycles. The Kier molecular flexibility index (Phi) is 2.72. The molecule has 0 radical (unpaired) electrons. The lowest BCUT2D eigenvalue weighted by atomic mass is 10.1. The molecule has 2 aromatic rings. The van der Waals surface area contributed by atoms with Crippen LogP contribution in [0.3, 0.4) is 0 Å². The van der Waals surface area contributed by atoms with Crippen molar-refractivity contribution in [2.75, 3.05) is 7.11 Å². The van der Waals surface area contributed by atoms with E-state index in [0.29, 0.717) is 11.3 Å². The molecule has 0 amide bonds. The van der Waals surface area contributed by atoms with Gasteiger partial charge in [0.25, 0.3) is 0 Å². The molecule has 2 rings (SSSR count). The summed E-state index contributed by atoms with van der Waals surface area (Å²) < 4.78 is 6.86. The normalized spacial score (nSPS) is 10.1. The van der Waals surface area contributed by atoms with Gasteiger partial charge in [0.05, 0.1) is 13.3 Å². The highest BCUT2D eigenvalue weighted by Gasteiger charge is 2.04. The standard InChI is InChI=1S/C12H12N2O2/c1-14-7-11(6-13-14)10-3-9(8-15)4-12(5-10)16-2/h3-8H,1-2H3. The van der Waals surface area contributed by atoms with E-state index >= 15 is 0 Å². The van der Waals surface area contributed by atoms with Gasteiger partial charge in [-0.2, -0.15) is 5.10 Å². The number of aldehydes is 1. The Balaban J connectivity index is 2.51. The Morgan fingerprint density at radius 2 is 2.12 bits per heavy atom. The lowest BCUT2D eigenvalue weighted by Crippen LogP contribution is -1.88. The van der Waals surface area contributed by atoms with E-state index in [1.54, 1.807) is 24.1 Å². The van der Waals surface area contributed by atoms with Gasteiger partial charge in [-0.15, -0.1) is 0 Å². The molecule has 0 aliphatic rings. The summed E-state index contributed by atoms with van der Waals surface area (Å²) in [7, 11) is 3.43. The molecule has 0 bridgehead atoms. The number of aromatic nitrogens is 2. The molecule has 4 nitrogen and oxygen atoms in total. The second-order valence-corrected chi connectivity index (χ2v) is 3.52. The van der Waals surface area contributed by atoms with Crippen LogP contribution >= 0.6 is 0 Å². The fraction of sp³-hybridized carbons (Fsp3) is 0.167. The number of benzene rings is 1. The zero-order valence-corrected chi connectivity index (χ0v) is 9.18. The predicted molar refractivity (Wildman–Crippen MR) is 60.6 cm³/mol. The number of nitrogens with zero attached hydrogens (tertiary/aromatic N) is 2. The van der Waals surface area contributed by atoms with Crippen molar-refractivity contribution in [3.8, 4) is 16.9 Å². The van der Waals surface area contributed by atoms with Crippen molar-refractivity contribution in [3.63, 3.8) is 0 Å².